The van der Waals surface area contributed by atoms with Gasteiger partial charge < -0.3 is 15.3 Å². The molecule has 0 fully saturated rings. The van der Waals surface area contributed by atoms with E-state index in [1.54, 1.807) is 25.1 Å². The summed E-state index contributed by atoms with van der Waals surface area (Å²) >= 11 is 0. The quantitative estimate of drug-likeness (QED) is 0.663. The summed E-state index contributed by atoms with van der Waals surface area (Å²) in [4.78, 5) is 0. The van der Waals surface area contributed by atoms with Crippen LogP contribution in [0.3, 0.4) is 0 Å². The molecule has 1 aromatic rings. The van der Waals surface area contributed by atoms with Crippen molar-refractivity contribution in [2.45, 2.75) is 19.1 Å². The highest BCUT2D eigenvalue weighted by atomic mass is 16.4. The van der Waals surface area contributed by atoms with Gasteiger partial charge in [-0.15, -0.1) is 0 Å². The van der Waals surface area contributed by atoms with Gasteiger partial charge in [0, 0.05) is 0 Å². The third-order valence-electron chi connectivity index (χ3n) is 2.37. The number of hydrogen-bond donors (Lipinski definition) is 3. The van der Waals surface area contributed by atoms with E-state index in [1.165, 1.54) is 0 Å². The molecule has 15 heavy (non-hydrogen) atoms. The Hall–Kier alpha value is -1.41. The van der Waals surface area contributed by atoms with Gasteiger partial charge >= 0.3 is 0 Å². The molecule has 3 N–H and O–H groups in total. The van der Waals surface area contributed by atoms with E-state index in [9.17, 15) is 10.2 Å². The second-order valence-electron chi connectivity index (χ2n) is 3.33. The van der Waals surface area contributed by atoms with Crippen LogP contribution in [-0.2, 0) is 0 Å². The number of aliphatic hydroxyl groups excluding tert-OH is 3. The SMILES string of the molecule is Cc1c(C#N)cccc1C(O)C(O)CO. The summed E-state index contributed by atoms with van der Waals surface area (Å²) in [6.45, 7) is 1.18. The summed E-state index contributed by atoms with van der Waals surface area (Å²) in [5, 5.41) is 36.4. The highest BCUT2D eigenvalue weighted by molar-refractivity contribution is 5.43. The summed E-state index contributed by atoms with van der Waals surface area (Å²) in [5.41, 5.74) is 1.55. The maximum absolute atomic E-state index is 9.67. The molecule has 0 aliphatic rings. The van der Waals surface area contributed by atoms with Crippen molar-refractivity contribution in [3.05, 3.63) is 34.9 Å². The Morgan fingerprint density at radius 1 is 1.40 bits per heavy atom. The molecule has 0 radical (unpaired) electrons. The molecule has 0 bridgehead atoms. The molecule has 0 aliphatic carbocycles. The fraction of sp³-hybridized carbons (Fsp3) is 0.364. The van der Waals surface area contributed by atoms with Gasteiger partial charge in [0.2, 0.25) is 0 Å². The molecule has 4 nitrogen and oxygen atoms in total. The fourth-order valence-electron chi connectivity index (χ4n) is 1.40. The van der Waals surface area contributed by atoms with E-state index in [2.05, 4.69) is 0 Å². The van der Waals surface area contributed by atoms with Crippen LogP contribution in [0.4, 0.5) is 0 Å². The minimum Gasteiger partial charge on any atom is -0.394 e. The first kappa shape index (κ1) is 11.7. The first-order valence-corrected chi connectivity index (χ1v) is 4.58. The molecule has 0 saturated carbocycles. The molecule has 4 heteroatoms. The van der Waals surface area contributed by atoms with Gasteiger partial charge in [0.1, 0.15) is 12.2 Å². The predicted octanol–water partition coefficient (Wildman–Crippen LogP) is 0.253. The van der Waals surface area contributed by atoms with Crippen molar-refractivity contribution >= 4 is 0 Å². The standard InChI is InChI=1S/C11H13NO3/c1-7-8(5-12)3-2-4-9(7)11(15)10(14)6-13/h2-4,10-11,13-15H,6H2,1H3. The van der Waals surface area contributed by atoms with Gasteiger partial charge in [-0.2, -0.15) is 5.26 Å². The number of nitrogens with zero attached hydrogens (tertiary/aromatic N) is 1. The number of benzene rings is 1. The zero-order chi connectivity index (χ0) is 11.4. The maximum Gasteiger partial charge on any atom is 0.107 e. The minimum atomic E-state index is -1.22. The molecule has 0 aliphatic heterocycles. The van der Waals surface area contributed by atoms with E-state index in [0.717, 1.165) is 0 Å². The van der Waals surface area contributed by atoms with E-state index in [-0.39, 0.29) is 0 Å². The average molecular weight is 207 g/mol. The molecule has 1 aromatic carbocycles. The largest absolute Gasteiger partial charge is 0.394 e. The number of hydrogen-bond acceptors (Lipinski definition) is 4. The summed E-state index contributed by atoms with van der Waals surface area (Å²) in [6.07, 6.45) is -2.39. The van der Waals surface area contributed by atoms with Crippen molar-refractivity contribution in [2.75, 3.05) is 6.61 Å². The molecule has 0 spiro atoms. The van der Waals surface area contributed by atoms with Crippen LogP contribution in [0.25, 0.3) is 0 Å². The molecule has 2 atom stereocenters. The van der Waals surface area contributed by atoms with Crippen LogP contribution in [0, 0.1) is 18.3 Å². The minimum absolute atomic E-state index is 0.455. The lowest BCUT2D eigenvalue weighted by molar-refractivity contribution is -0.0155. The van der Waals surface area contributed by atoms with Crippen LogP contribution in [0.1, 0.15) is 22.8 Å². The molecular weight excluding hydrogens is 194 g/mol. The van der Waals surface area contributed by atoms with Crippen LogP contribution < -0.4 is 0 Å². The Labute approximate surface area is 88.0 Å². The van der Waals surface area contributed by atoms with Gasteiger partial charge in [0.15, 0.2) is 0 Å². The molecule has 1 rings (SSSR count). The normalized spacial score (nSPS) is 14.3. The van der Waals surface area contributed by atoms with Gasteiger partial charge in [-0.1, -0.05) is 12.1 Å². The van der Waals surface area contributed by atoms with Crippen molar-refractivity contribution in [1.82, 2.24) is 0 Å². The van der Waals surface area contributed by atoms with E-state index >= 15 is 0 Å². The first-order chi connectivity index (χ1) is 7.11. The van der Waals surface area contributed by atoms with Crippen molar-refractivity contribution < 1.29 is 15.3 Å². The van der Waals surface area contributed by atoms with Gasteiger partial charge in [-0.25, -0.2) is 0 Å². The Morgan fingerprint density at radius 3 is 2.60 bits per heavy atom. The second-order valence-corrected chi connectivity index (χ2v) is 3.33. The van der Waals surface area contributed by atoms with Gasteiger partial charge in [0.05, 0.1) is 18.2 Å². The van der Waals surface area contributed by atoms with Crippen LogP contribution in [0.5, 0.6) is 0 Å². The predicted molar refractivity (Wildman–Crippen MR) is 53.9 cm³/mol. The van der Waals surface area contributed by atoms with Gasteiger partial charge in [-0.3, -0.25) is 0 Å². The topological polar surface area (TPSA) is 84.5 Å². The van der Waals surface area contributed by atoms with Crippen molar-refractivity contribution in [2.24, 2.45) is 0 Å². The molecule has 0 amide bonds. The molecule has 80 valence electrons. The molecule has 0 aromatic heterocycles. The van der Waals surface area contributed by atoms with Crippen molar-refractivity contribution in [1.29, 1.82) is 5.26 Å². The number of rotatable bonds is 3. The van der Waals surface area contributed by atoms with Gasteiger partial charge in [0.25, 0.3) is 0 Å². The second kappa shape index (κ2) is 4.89. The first-order valence-electron chi connectivity index (χ1n) is 4.58. The van der Waals surface area contributed by atoms with Crippen molar-refractivity contribution in [3.63, 3.8) is 0 Å². The maximum atomic E-state index is 9.67. The van der Waals surface area contributed by atoms with Crippen LogP contribution in [-0.4, -0.2) is 28.0 Å². The highest BCUT2D eigenvalue weighted by Gasteiger charge is 2.19. The summed E-state index contributed by atoms with van der Waals surface area (Å²) in [5.74, 6) is 0. The van der Waals surface area contributed by atoms with Crippen molar-refractivity contribution in [3.8, 4) is 6.07 Å². The van der Waals surface area contributed by atoms with Crippen LogP contribution in [0.2, 0.25) is 0 Å². The lowest BCUT2D eigenvalue weighted by Crippen LogP contribution is -2.22. The fourth-order valence-corrected chi connectivity index (χ4v) is 1.40. The zero-order valence-corrected chi connectivity index (χ0v) is 8.38. The molecule has 0 saturated heterocycles. The molecule has 0 heterocycles. The summed E-state index contributed by atoms with van der Waals surface area (Å²) in [7, 11) is 0. The summed E-state index contributed by atoms with van der Waals surface area (Å²) in [6, 6.07) is 6.89. The monoisotopic (exact) mass is 207 g/mol. The van der Waals surface area contributed by atoms with E-state index in [0.29, 0.717) is 16.7 Å². The molecule has 2 unspecified atom stereocenters. The van der Waals surface area contributed by atoms with Crippen LogP contribution >= 0.6 is 0 Å². The molecular formula is C11H13NO3. The smallest absolute Gasteiger partial charge is 0.107 e. The lowest BCUT2D eigenvalue weighted by atomic mass is 9.96. The van der Waals surface area contributed by atoms with E-state index in [1.807, 2.05) is 6.07 Å². The summed E-state index contributed by atoms with van der Waals surface area (Å²) < 4.78 is 0. The third-order valence-corrected chi connectivity index (χ3v) is 2.37. The van der Waals surface area contributed by atoms with E-state index in [4.69, 9.17) is 10.4 Å². The zero-order valence-electron chi connectivity index (χ0n) is 8.38. The van der Waals surface area contributed by atoms with Gasteiger partial charge in [-0.05, 0) is 24.1 Å². The number of aliphatic hydroxyl groups is 3. The lowest BCUT2D eigenvalue weighted by Gasteiger charge is -2.18. The highest BCUT2D eigenvalue weighted by Crippen LogP contribution is 2.22. The van der Waals surface area contributed by atoms with Crippen LogP contribution in [0.15, 0.2) is 18.2 Å². The Bertz CT molecular complexity index is 384. The Kier molecular flexibility index (Phi) is 3.81. The number of nitriles is 1. The Balaban J connectivity index is 3.10. The third kappa shape index (κ3) is 2.34. The van der Waals surface area contributed by atoms with E-state index < -0.39 is 18.8 Å². The average Bonchev–Trinajstić information content (AvgIpc) is 2.27. The Morgan fingerprint density at radius 2 is 2.07 bits per heavy atom.